The number of morpholine rings is 1. The third kappa shape index (κ3) is 2.15. The van der Waals surface area contributed by atoms with Crippen LogP contribution in [0.2, 0.25) is 0 Å². The van der Waals surface area contributed by atoms with Crippen molar-refractivity contribution in [1.82, 2.24) is 19.5 Å². The van der Waals surface area contributed by atoms with Crippen LogP contribution in [-0.4, -0.2) is 45.8 Å². The predicted octanol–water partition coefficient (Wildman–Crippen LogP) is 1.23. The maximum Gasteiger partial charge on any atom is 0.229 e. The first kappa shape index (κ1) is 13.0. The molecule has 4 rings (SSSR count). The normalized spacial score (nSPS) is 15.4. The fourth-order valence-electron chi connectivity index (χ4n) is 2.59. The van der Waals surface area contributed by atoms with Crippen LogP contribution in [0, 0.1) is 0 Å². The van der Waals surface area contributed by atoms with Crippen LogP contribution in [0.15, 0.2) is 36.7 Å². The lowest BCUT2D eigenvalue weighted by Crippen LogP contribution is -2.37. The molecule has 0 radical (unpaired) electrons. The summed E-state index contributed by atoms with van der Waals surface area (Å²) >= 11 is 0. The molecule has 22 heavy (non-hydrogen) atoms. The highest BCUT2D eigenvalue weighted by molar-refractivity contribution is 5.84. The highest BCUT2D eigenvalue weighted by Gasteiger charge is 2.18. The molecule has 0 aliphatic carbocycles. The summed E-state index contributed by atoms with van der Waals surface area (Å²) in [5, 5.41) is 0. The number of nitrogens with two attached hydrogens (primary N) is 1. The molecule has 7 heteroatoms. The highest BCUT2D eigenvalue weighted by Crippen LogP contribution is 2.23. The molecule has 2 aromatic heterocycles. The number of nitrogens with zero attached hydrogens (tertiary/aromatic N) is 5. The lowest BCUT2D eigenvalue weighted by Gasteiger charge is -2.26. The minimum Gasteiger partial charge on any atom is -0.382 e. The summed E-state index contributed by atoms with van der Waals surface area (Å²) in [6.07, 6.45) is 1.73. The number of nitrogen functional groups attached to an aromatic ring is 1. The zero-order valence-electron chi connectivity index (χ0n) is 12.0. The van der Waals surface area contributed by atoms with Crippen LogP contribution < -0.4 is 10.6 Å². The van der Waals surface area contributed by atoms with Crippen molar-refractivity contribution in [3.8, 4) is 5.69 Å². The van der Waals surface area contributed by atoms with Crippen LogP contribution in [0.1, 0.15) is 0 Å². The first-order valence-corrected chi connectivity index (χ1v) is 7.21. The Morgan fingerprint density at radius 3 is 2.59 bits per heavy atom. The Morgan fingerprint density at radius 1 is 1.05 bits per heavy atom. The zero-order valence-corrected chi connectivity index (χ0v) is 12.0. The number of benzene rings is 1. The van der Waals surface area contributed by atoms with Crippen LogP contribution >= 0.6 is 0 Å². The van der Waals surface area contributed by atoms with Gasteiger partial charge < -0.3 is 15.4 Å². The minimum absolute atomic E-state index is 0.404. The Kier molecular flexibility index (Phi) is 3.12. The van der Waals surface area contributed by atoms with Gasteiger partial charge in [0, 0.05) is 18.8 Å². The molecule has 0 bridgehead atoms. The van der Waals surface area contributed by atoms with Crippen molar-refractivity contribution in [3.63, 3.8) is 0 Å². The average molecular weight is 296 g/mol. The van der Waals surface area contributed by atoms with Crippen molar-refractivity contribution < 1.29 is 4.74 Å². The SMILES string of the molecule is Nc1nc(N2CCOCC2)nc2c1ncn2-c1ccccc1. The van der Waals surface area contributed by atoms with E-state index in [2.05, 4.69) is 19.9 Å². The Bertz CT molecular complexity index is 794. The number of ether oxygens (including phenoxy) is 1. The van der Waals surface area contributed by atoms with E-state index in [-0.39, 0.29) is 0 Å². The first-order valence-electron chi connectivity index (χ1n) is 7.21. The second kappa shape index (κ2) is 5.27. The second-order valence-corrected chi connectivity index (χ2v) is 5.13. The van der Waals surface area contributed by atoms with Crippen molar-refractivity contribution in [3.05, 3.63) is 36.7 Å². The summed E-state index contributed by atoms with van der Waals surface area (Å²) in [5.41, 5.74) is 8.41. The van der Waals surface area contributed by atoms with Gasteiger partial charge in [0.15, 0.2) is 17.0 Å². The zero-order chi connectivity index (χ0) is 14.9. The molecule has 1 aliphatic heterocycles. The molecule has 0 atom stereocenters. The van der Waals surface area contributed by atoms with Gasteiger partial charge in [-0.25, -0.2) is 4.98 Å². The molecule has 112 valence electrons. The number of fused-ring (bicyclic) bond motifs is 1. The van der Waals surface area contributed by atoms with Gasteiger partial charge in [0.1, 0.15) is 6.33 Å². The first-order chi connectivity index (χ1) is 10.8. The number of para-hydroxylation sites is 1. The fourth-order valence-corrected chi connectivity index (χ4v) is 2.59. The average Bonchev–Trinajstić information content (AvgIpc) is 3.01. The Hall–Kier alpha value is -2.67. The van der Waals surface area contributed by atoms with Crippen molar-refractivity contribution in [2.24, 2.45) is 0 Å². The predicted molar refractivity (Wildman–Crippen MR) is 84.1 cm³/mol. The summed E-state index contributed by atoms with van der Waals surface area (Å²) in [6.45, 7) is 2.90. The van der Waals surface area contributed by atoms with E-state index in [4.69, 9.17) is 10.5 Å². The summed E-state index contributed by atoms with van der Waals surface area (Å²) in [7, 11) is 0. The number of anilines is 2. The number of aromatic nitrogens is 4. The van der Waals surface area contributed by atoms with Crippen LogP contribution in [-0.2, 0) is 4.74 Å². The van der Waals surface area contributed by atoms with Gasteiger partial charge in [-0.2, -0.15) is 9.97 Å². The van der Waals surface area contributed by atoms with Crippen LogP contribution in [0.5, 0.6) is 0 Å². The summed E-state index contributed by atoms with van der Waals surface area (Å²) < 4.78 is 7.30. The molecular formula is C15H16N6O. The van der Waals surface area contributed by atoms with E-state index in [0.29, 0.717) is 30.5 Å². The summed E-state index contributed by atoms with van der Waals surface area (Å²) in [6, 6.07) is 9.95. The van der Waals surface area contributed by atoms with Gasteiger partial charge >= 0.3 is 0 Å². The van der Waals surface area contributed by atoms with Crippen LogP contribution in [0.3, 0.4) is 0 Å². The summed E-state index contributed by atoms with van der Waals surface area (Å²) in [5.74, 6) is 1.03. The second-order valence-electron chi connectivity index (χ2n) is 5.13. The molecule has 2 N–H and O–H groups in total. The number of imidazole rings is 1. The van der Waals surface area contributed by atoms with E-state index < -0.39 is 0 Å². The Balaban J connectivity index is 1.84. The van der Waals surface area contributed by atoms with E-state index in [9.17, 15) is 0 Å². The smallest absolute Gasteiger partial charge is 0.229 e. The van der Waals surface area contributed by atoms with Crippen molar-refractivity contribution in [1.29, 1.82) is 0 Å². The molecule has 3 aromatic rings. The minimum atomic E-state index is 0.404. The van der Waals surface area contributed by atoms with E-state index in [1.807, 2.05) is 34.9 Å². The molecule has 7 nitrogen and oxygen atoms in total. The van der Waals surface area contributed by atoms with Gasteiger partial charge in [-0.1, -0.05) is 18.2 Å². The number of rotatable bonds is 2. The van der Waals surface area contributed by atoms with Gasteiger partial charge in [0.25, 0.3) is 0 Å². The Morgan fingerprint density at radius 2 is 1.82 bits per heavy atom. The molecule has 1 fully saturated rings. The lowest BCUT2D eigenvalue weighted by atomic mass is 10.3. The molecule has 3 heterocycles. The molecule has 1 aromatic carbocycles. The molecular weight excluding hydrogens is 280 g/mol. The maximum atomic E-state index is 6.07. The third-order valence-corrected chi connectivity index (χ3v) is 3.74. The number of hydrogen-bond acceptors (Lipinski definition) is 6. The monoisotopic (exact) mass is 296 g/mol. The fraction of sp³-hybridized carbons (Fsp3) is 0.267. The van der Waals surface area contributed by atoms with Crippen molar-refractivity contribution >= 4 is 22.9 Å². The van der Waals surface area contributed by atoms with Gasteiger partial charge in [-0.15, -0.1) is 0 Å². The molecule has 0 spiro atoms. The Labute approximate surface area is 127 Å². The van der Waals surface area contributed by atoms with Crippen molar-refractivity contribution in [2.45, 2.75) is 0 Å². The quantitative estimate of drug-likeness (QED) is 0.766. The lowest BCUT2D eigenvalue weighted by molar-refractivity contribution is 0.122. The molecule has 1 aliphatic rings. The van der Waals surface area contributed by atoms with Gasteiger partial charge in [-0.3, -0.25) is 4.57 Å². The topological polar surface area (TPSA) is 82.1 Å². The van der Waals surface area contributed by atoms with E-state index >= 15 is 0 Å². The van der Waals surface area contributed by atoms with Crippen LogP contribution in [0.4, 0.5) is 11.8 Å². The maximum absolute atomic E-state index is 6.07. The van der Waals surface area contributed by atoms with Crippen LogP contribution in [0.25, 0.3) is 16.9 Å². The van der Waals surface area contributed by atoms with Crippen molar-refractivity contribution in [2.75, 3.05) is 36.9 Å². The van der Waals surface area contributed by atoms with E-state index in [0.717, 1.165) is 24.4 Å². The van der Waals surface area contributed by atoms with E-state index in [1.54, 1.807) is 6.33 Å². The summed E-state index contributed by atoms with van der Waals surface area (Å²) in [4.78, 5) is 15.5. The largest absolute Gasteiger partial charge is 0.382 e. The standard InChI is InChI=1S/C15H16N6O/c16-13-12-14(19-15(18-13)20-6-8-22-9-7-20)21(10-17-12)11-4-2-1-3-5-11/h1-5,10H,6-9H2,(H2,16,18,19). The molecule has 1 saturated heterocycles. The van der Waals surface area contributed by atoms with Gasteiger partial charge in [0.2, 0.25) is 5.95 Å². The molecule has 0 amide bonds. The molecule has 0 saturated carbocycles. The molecule has 0 unspecified atom stereocenters. The van der Waals surface area contributed by atoms with Gasteiger partial charge in [0.05, 0.1) is 13.2 Å². The van der Waals surface area contributed by atoms with E-state index in [1.165, 1.54) is 0 Å². The van der Waals surface area contributed by atoms with Gasteiger partial charge in [-0.05, 0) is 12.1 Å². The highest BCUT2D eigenvalue weighted by atomic mass is 16.5. The third-order valence-electron chi connectivity index (χ3n) is 3.74. The number of hydrogen-bond donors (Lipinski definition) is 1.